The fourth-order valence-corrected chi connectivity index (χ4v) is 10.8. The second kappa shape index (κ2) is 18.5. The van der Waals surface area contributed by atoms with Crippen molar-refractivity contribution in [2.24, 2.45) is 17.8 Å². The van der Waals surface area contributed by atoms with Gasteiger partial charge in [-0.1, -0.05) is 150 Å². The molecule has 0 N–H and O–H groups in total. The standard InChI is InChI=1S/C53H58O3S/c1-3-5-7-9-13-37-20-32-45(33-21-37)57-49-17-11-15-47-51(49)53(55)46-14-10-16-48(50(46)52(47)54)56-44-30-28-39(29-31-44)41-25-27-42-34-40(24-26-43(42)35-41)38-22-18-36(19-23-38)12-8-6-4-2/h10-11,14-17,20-21,25,27-33,35-36,38,40H,3-9,12-13,18-19,22-24,26,34H2,1-2H3. The van der Waals surface area contributed by atoms with Gasteiger partial charge in [0.25, 0.3) is 0 Å². The molecule has 3 nitrogen and oxygen atoms in total. The van der Waals surface area contributed by atoms with Gasteiger partial charge in [-0.15, -0.1) is 0 Å². The van der Waals surface area contributed by atoms with Crippen molar-refractivity contribution in [1.82, 2.24) is 0 Å². The van der Waals surface area contributed by atoms with Crippen LogP contribution in [0.5, 0.6) is 11.5 Å². The number of hydrogen-bond acceptors (Lipinski definition) is 4. The number of hydrogen-bond donors (Lipinski definition) is 0. The molecule has 3 aliphatic carbocycles. The molecule has 0 radical (unpaired) electrons. The van der Waals surface area contributed by atoms with E-state index in [1.807, 2.05) is 30.3 Å². The van der Waals surface area contributed by atoms with E-state index in [4.69, 9.17) is 4.74 Å². The van der Waals surface area contributed by atoms with Gasteiger partial charge >= 0.3 is 0 Å². The third-order valence-electron chi connectivity index (χ3n) is 13.1. The smallest absolute Gasteiger partial charge is 0.198 e. The Kier molecular flexibility index (Phi) is 12.8. The molecule has 0 amide bonds. The Hall–Kier alpha value is -4.41. The molecule has 1 unspecified atom stereocenters. The predicted molar refractivity (Wildman–Crippen MR) is 235 cm³/mol. The van der Waals surface area contributed by atoms with Crippen molar-refractivity contribution in [2.45, 2.75) is 126 Å². The molecule has 5 aromatic carbocycles. The maximum absolute atomic E-state index is 14.1. The van der Waals surface area contributed by atoms with Gasteiger partial charge in [0, 0.05) is 26.5 Å². The number of benzene rings is 5. The Labute approximate surface area is 345 Å². The summed E-state index contributed by atoms with van der Waals surface area (Å²) in [5.74, 6) is 3.44. The average Bonchev–Trinajstić information content (AvgIpc) is 3.25. The maximum atomic E-state index is 14.1. The first-order chi connectivity index (χ1) is 28.0. The molecular weight excluding hydrogens is 717 g/mol. The van der Waals surface area contributed by atoms with Crippen LogP contribution in [0.1, 0.15) is 146 Å². The van der Waals surface area contributed by atoms with Crippen molar-refractivity contribution in [3.63, 3.8) is 0 Å². The zero-order valence-corrected chi connectivity index (χ0v) is 34.8. The van der Waals surface area contributed by atoms with Gasteiger partial charge in [-0.2, -0.15) is 0 Å². The predicted octanol–water partition coefficient (Wildman–Crippen LogP) is 14.7. The lowest BCUT2D eigenvalue weighted by Gasteiger charge is -2.36. The molecule has 0 aliphatic heterocycles. The summed E-state index contributed by atoms with van der Waals surface area (Å²) in [7, 11) is 0. The van der Waals surface area contributed by atoms with Gasteiger partial charge in [-0.3, -0.25) is 9.59 Å². The lowest BCUT2D eigenvalue weighted by Crippen LogP contribution is -2.26. The minimum absolute atomic E-state index is 0.139. The molecule has 1 saturated carbocycles. The van der Waals surface area contributed by atoms with Crippen LogP contribution in [0.2, 0.25) is 0 Å². The van der Waals surface area contributed by atoms with E-state index >= 15 is 0 Å². The maximum Gasteiger partial charge on any atom is 0.198 e. The first-order valence-electron chi connectivity index (χ1n) is 22.0. The minimum Gasteiger partial charge on any atom is -0.457 e. The van der Waals surface area contributed by atoms with Gasteiger partial charge in [0.1, 0.15) is 11.5 Å². The van der Waals surface area contributed by atoms with Gasteiger partial charge in [-0.05, 0) is 127 Å². The van der Waals surface area contributed by atoms with E-state index in [2.05, 4.69) is 68.4 Å². The largest absolute Gasteiger partial charge is 0.457 e. The van der Waals surface area contributed by atoms with Crippen molar-refractivity contribution < 1.29 is 14.3 Å². The summed E-state index contributed by atoms with van der Waals surface area (Å²) >= 11 is 1.54. The molecule has 0 spiro atoms. The van der Waals surface area contributed by atoms with Crippen LogP contribution >= 0.6 is 11.8 Å². The minimum atomic E-state index is -0.178. The number of carbonyl (C=O) groups excluding carboxylic acids is 2. The van der Waals surface area contributed by atoms with Crippen LogP contribution in [0, 0.1) is 17.8 Å². The topological polar surface area (TPSA) is 43.4 Å². The van der Waals surface area contributed by atoms with E-state index in [1.54, 1.807) is 35.5 Å². The van der Waals surface area contributed by atoms with Crippen LogP contribution in [0.25, 0.3) is 11.1 Å². The molecular formula is C53H58O3S. The third kappa shape index (κ3) is 9.02. The monoisotopic (exact) mass is 774 g/mol. The van der Waals surface area contributed by atoms with Gasteiger partial charge < -0.3 is 4.74 Å². The Morgan fingerprint density at radius 1 is 0.614 bits per heavy atom. The third-order valence-corrected chi connectivity index (χ3v) is 14.2. The van der Waals surface area contributed by atoms with Crippen LogP contribution in [0.4, 0.5) is 0 Å². The molecule has 0 bridgehead atoms. The van der Waals surface area contributed by atoms with Crippen molar-refractivity contribution in [1.29, 1.82) is 0 Å². The molecule has 5 aromatic rings. The summed E-state index contributed by atoms with van der Waals surface area (Å²) in [5.41, 5.74) is 8.39. The molecule has 1 atom stereocenters. The second-order valence-corrected chi connectivity index (χ2v) is 18.1. The number of ketones is 2. The lowest BCUT2D eigenvalue weighted by atomic mass is 9.69. The summed E-state index contributed by atoms with van der Waals surface area (Å²) < 4.78 is 6.39. The number of ether oxygens (including phenoxy) is 1. The normalized spacial score (nSPS) is 18.8. The zero-order chi connectivity index (χ0) is 39.1. The summed E-state index contributed by atoms with van der Waals surface area (Å²) in [5, 5.41) is 0. The average molecular weight is 775 g/mol. The van der Waals surface area contributed by atoms with E-state index in [-0.39, 0.29) is 11.6 Å². The highest BCUT2D eigenvalue weighted by Crippen LogP contribution is 2.43. The van der Waals surface area contributed by atoms with Gasteiger partial charge in [0.05, 0.1) is 5.56 Å². The molecule has 0 aromatic heterocycles. The lowest BCUT2D eigenvalue weighted by molar-refractivity contribution is 0.0975. The fourth-order valence-electron chi connectivity index (χ4n) is 9.79. The Morgan fingerprint density at radius 2 is 1.32 bits per heavy atom. The van der Waals surface area contributed by atoms with E-state index in [9.17, 15) is 9.59 Å². The van der Waals surface area contributed by atoms with Crippen LogP contribution in [-0.4, -0.2) is 11.6 Å². The van der Waals surface area contributed by atoms with Gasteiger partial charge in [-0.25, -0.2) is 0 Å². The SMILES string of the molecule is CCCCCCc1ccc(Sc2cccc3c2C(=O)c2cccc(Oc4ccc(-c5ccc6c(c5)CCC(C5CCC(CCCCC)CC5)C6)cc4)c2C3=O)cc1. The summed E-state index contributed by atoms with van der Waals surface area (Å²) in [6.07, 6.45) is 21.1. The van der Waals surface area contributed by atoms with Gasteiger partial charge in [0.15, 0.2) is 11.6 Å². The van der Waals surface area contributed by atoms with Crippen LogP contribution in [0.3, 0.4) is 0 Å². The molecule has 8 rings (SSSR count). The van der Waals surface area contributed by atoms with Crippen molar-refractivity contribution in [3.05, 3.63) is 142 Å². The van der Waals surface area contributed by atoms with Crippen molar-refractivity contribution >= 4 is 23.3 Å². The fraction of sp³-hybridized carbons (Fsp3) is 0.396. The molecule has 0 saturated heterocycles. The molecule has 4 heteroatoms. The number of unbranched alkanes of at least 4 members (excludes halogenated alkanes) is 5. The van der Waals surface area contributed by atoms with Crippen LogP contribution in [0.15, 0.2) is 113 Å². The Bertz CT molecular complexity index is 2170. The second-order valence-electron chi connectivity index (χ2n) is 17.0. The summed E-state index contributed by atoms with van der Waals surface area (Å²) in [4.78, 5) is 30.1. The Morgan fingerprint density at radius 3 is 2.09 bits per heavy atom. The quantitative estimate of drug-likeness (QED) is 0.0975. The number of aryl methyl sites for hydroxylation is 2. The Balaban J connectivity index is 0.917. The summed E-state index contributed by atoms with van der Waals surface area (Å²) in [6, 6.07) is 34.8. The van der Waals surface area contributed by atoms with Crippen molar-refractivity contribution in [2.75, 3.05) is 0 Å². The number of rotatable bonds is 15. The van der Waals surface area contributed by atoms with Crippen LogP contribution in [-0.2, 0) is 19.3 Å². The van der Waals surface area contributed by atoms with E-state index in [0.717, 1.165) is 39.5 Å². The van der Waals surface area contributed by atoms with E-state index in [0.29, 0.717) is 33.8 Å². The zero-order valence-electron chi connectivity index (χ0n) is 34.0. The highest BCUT2D eigenvalue weighted by atomic mass is 32.2. The molecule has 3 aliphatic rings. The van der Waals surface area contributed by atoms with Crippen molar-refractivity contribution in [3.8, 4) is 22.6 Å². The highest BCUT2D eigenvalue weighted by Gasteiger charge is 2.35. The number of carbonyl (C=O) groups is 2. The molecule has 57 heavy (non-hydrogen) atoms. The first-order valence-corrected chi connectivity index (χ1v) is 22.8. The highest BCUT2D eigenvalue weighted by molar-refractivity contribution is 7.99. The van der Waals surface area contributed by atoms with Crippen LogP contribution < -0.4 is 4.74 Å². The molecule has 0 heterocycles. The van der Waals surface area contributed by atoms with Gasteiger partial charge in [0.2, 0.25) is 0 Å². The molecule has 1 fully saturated rings. The number of fused-ring (bicyclic) bond motifs is 3. The molecule has 294 valence electrons. The van der Waals surface area contributed by atoms with E-state index in [1.165, 1.54) is 113 Å². The summed E-state index contributed by atoms with van der Waals surface area (Å²) in [6.45, 7) is 4.54. The first kappa shape index (κ1) is 39.4. The van der Waals surface area contributed by atoms with E-state index < -0.39 is 0 Å².